The van der Waals surface area contributed by atoms with Gasteiger partial charge in [-0.1, -0.05) is 39.8 Å². The Hall–Kier alpha value is -3.28. The number of aliphatic hydroxyl groups excluding tert-OH is 1. The number of benzene rings is 2. The molecular formula is C28H35NO5. The van der Waals surface area contributed by atoms with Crippen molar-refractivity contribution in [2.24, 2.45) is 0 Å². The molecule has 1 fully saturated rings. The van der Waals surface area contributed by atoms with E-state index in [4.69, 9.17) is 9.47 Å². The van der Waals surface area contributed by atoms with E-state index in [0.717, 1.165) is 16.9 Å². The standard InChI is InChI=1S/C28H35NO5/c1-7-16-29-24(18-10-13-20(14-11-18)33-8-2)23(26(31)27(29)32)25(30)19-12-15-22(34-9-3)21(17-19)28(4,5)6/h10-15,17,24,30H,7-9,16H2,1-6H3/b25-23-. The van der Waals surface area contributed by atoms with E-state index in [0.29, 0.717) is 37.5 Å². The Kier molecular flexibility index (Phi) is 7.70. The van der Waals surface area contributed by atoms with Crippen LogP contribution in [0.5, 0.6) is 11.5 Å². The van der Waals surface area contributed by atoms with Gasteiger partial charge in [0.25, 0.3) is 11.7 Å². The minimum atomic E-state index is -0.670. The summed E-state index contributed by atoms with van der Waals surface area (Å²) >= 11 is 0. The average Bonchev–Trinajstić information content (AvgIpc) is 3.04. The van der Waals surface area contributed by atoms with Crippen LogP contribution in [-0.4, -0.2) is 41.5 Å². The Balaban J connectivity index is 2.17. The molecule has 1 saturated heterocycles. The second-order valence-corrected chi connectivity index (χ2v) is 9.39. The maximum atomic E-state index is 13.2. The number of aliphatic hydroxyl groups is 1. The number of rotatable bonds is 8. The Morgan fingerprint density at radius 2 is 1.62 bits per heavy atom. The van der Waals surface area contributed by atoms with E-state index in [-0.39, 0.29) is 16.7 Å². The lowest BCUT2D eigenvalue weighted by molar-refractivity contribution is -0.139. The van der Waals surface area contributed by atoms with Crippen LogP contribution in [0, 0.1) is 0 Å². The van der Waals surface area contributed by atoms with Crippen molar-refractivity contribution in [2.45, 2.75) is 59.4 Å². The van der Waals surface area contributed by atoms with Crippen LogP contribution in [0.25, 0.3) is 5.76 Å². The second-order valence-electron chi connectivity index (χ2n) is 9.39. The highest BCUT2D eigenvalue weighted by Gasteiger charge is 2.45. The van der Waals surface area contributed by atoms with Crippen LogP contribution in [0.4, 0.5) is 0 Å². The third kappa shape index (κ3) is 4.96. The van der Waals surface area contributed by atoms with Crippen molar-refractivity contribution in [3.05, 3.63) is 64.7 Å². The van der Waals surface area contributed by atoms with Gasteiger partial charge in [0, 0.05) is 17.7 Å². The smallest absolute Gasteiger partial charge is 0.295 e. The topological polar surface area (TPSA) is 76.1 Å². The van der Waals surface area contributed by atoms with E-state index >= 15 is 0 Å². The highest BCUT2D eigenvalue weighted by molar-refractivity contribution is 6.46. The van der Waals surface area contributed by atoms with Crippen LogP contribution in [0.2, 0.25) is 0 Å². The molecule has 182 valence electrons. The van der Waals surface area contributed by atoms with Gasteiger partial charge in [0.15, 0.2) is 0 Å². The van der Waals surface area contributed by atoms with Crippen molar-refractivity contribution in [1.82, 2.24) is 4.90 Å². The molecule has 0 bridgehead atoms. The molecule has 0 saturated carbocycles. The third-order valence-corrected chi connectivity index (χ3v) is 5.87. The van der Waals surface area contributed by atoms with E-state index in [1.807, 2.05) is 57.2 Å². The number of nitrogens with zero attached hydrogens (tertiary/aromatic N) is 1. The lowest BCUT2D eigenvalue weighted by Crippen LogP contribution is -2.30. The number of ketones is 1. The monoisotopic (exact) mass is 465 g/mol. The fourth-order valence-corrected chi connectivity index (χ4v) is 4.31. The number of hydrogen-bond donors (Lipinski definition) is 1. The summed E-state index contributed by atoms with van der Waals surface area (Å²) < 4.78 is 11.3. The first-order valence-electron chi connectivity index (χ1n) is 11.9. The fraction of sp³-hybridized carbons (Fsp3) is 0.429. The molecule has 1 N–H and O–H groups in total. The largest absolute Gasteiger partial charge is 0.507 e. The summed E-state index contributed by atoms with van der Waals surface area (Å²) in [6, 6.07) is 12.1. The van der Waals surface area contributed by atoms with Gasteiger partial charge in [-0.05, 0) is 61.6 Å². The van der Waals surface area contributed by atoms with E-state index in [9.17, 15) is 14.7 Å². The second kappa shape index (κ2) is 10.3. The molecule has 0 radical (unpaired) electrons. The summed E-state index contributed by atoms with van der Waals surface area (Å²) in [5, 5.41) is 11.4. The first-order chi connectivity index (χ1) is 16.1. The highest BCUT2D eigenvalue weighted by Crippen LogP contribution is 2.41. The zero-order chi connectivity index (χ0) is 25.0. The van der Waals surface area contributed by atoms with Crippen LogP contribution in [-0.2, 0) is 15.0 Å². The Morgan fingerprint density at radius 3 is 2.18 bits per heavy atom. The summed E-state index contributed by atoms with van der Waals surface area (Å²) in [5.74, 6) is 0.00533. The lowest BCUT2D eigenvalue weighted by atomic mass is 9.84. The summed E-state index contributed by atoms with van der Waals surface area (Å²) in [6.07, 6.45) is 0.692. The van der Waals surface area contributed by atoms with Crippen molar-refractivity contribution in [3.63, 3.8) is 0 Å². The van der Waals surface area contributed by atoms with Gasteiger partial charge < -0.3 is 19.5 Å². The molecule has 0 aromatic heterocycles. The molecule has 0 aliphatic carbocycles. The predicted molar refractivity (Wildman–Crippen MR) is 133 cm³/mol. The molecule has 34 heavy (non-hydrogen) atoms. The Bertz CT molecular complexity index is 1080. The first kappa shape index (κ1) is 25.3. The molecule has 1 unspecified atom stereocenters. The summed E-state index contributed by atoms with van der Waals surface area (Å²) in [5.41, 5.74) is 2.01. The number of likely N-dealkylation sites (tertiary alicyclic amines) is 1. The van der Waals surface area contributed by atoms with Gasteiger partial charge >= 0.3 is 0 Å². The maximum Gasteiger partial charge on any atom is 0.295 e. The molecule has 6 heteroatoms. The van der Waals surface area contributed by atoms with Crippen molar-refractivity contribution >= 4 is 17.4 Å². The molecule has 3 rings (SSSR count). The van der Waals surface area contributed by atoms with E-state index < -0.39 is 17.7 Å². The van der Waals surface area contributed by atoms with Gasteiger partial charge in [-0.25, -0.2) is 0 Å². The normalized spacial score (nSPS) is 17.8. The van der Waals surface area contributed by atoms with Gasteiger partial charge in [0.1, 0.15) is 17.3 Å². The predicted octanol–water partition coefficient (Wildman–Crippen LogP) is 5.61. The summed E-state index contributed by atoms with van der Waals surface area (Å²) in [4.78, 5) is 27.6. The number of carbonyl (C=O) groups excluding carboxylic acids is 2. The van der Waals surface area contributed by atoms with Crippen LogP contribution in [0.15, 0.2) is 48.0 Å². The average molecular weight is 466 g/mol. The minimum Gasteiger partial charge on any atom is -0.507 e. The van der Waals surface area contributed by atoms with E-state index in [1.54, 1.807) is 11.0 Å². The maximum absolute atomic E-state index is 13.2. The number of hydrogen-bond acceptors (Lipinski definition) is 5. The number of ether oxygens (including phenoxy) is 2. The zero-order valence-corrected chi connectivity index (χ0v) is 21.0. The third-order valence-electron chi connectivity index (χ3n) is 5.87. The van der Waals surface area contributed by atoms with Crippen molar-refractivity contribution < 1.29 is 24.2 Å². The molecule has 2 aromatic carbocycles. The number of carbonyl (C=O) groups is 2. The Morgan fingerprint density at radius 1 is 0.971 bits per heavy atom. The quantitative estimate of drug-likeness (QED) is 0.311. The van der Waals surface area contributed by atoms with Crippen LogP contribution in [0.3, 0.4) is 0 Å². The van der Waals surface area contributed by atoms with E-state index in [1.165, 1.54) is 0 Å². The molecule has 6 nitrogen and oxygen atoms in total. The number of Topliss-reactive ketones (excluding diaryl/α,β-unsaturated/α-hetero) is 1. The zero-order valence-electron chi connectivity index (χ0n) is 21.0. The van der Waals surface area contributed by atoms with Crippen LogP contribution >= 0.6 is 0 Å². The molecule has 1 amide bonds. The molecule has 1 aliphatic heterocycles. The van der Waals surface area contributed by atoms with Gasteiger partial charge in [-0.2, -0.15) is 0 Å². The van der Waals surface area contributed by atoms with E-state index in [2.05, 4.69) is 20.8 Å². The molecule has 2 aromatic rings. The molecule has 1 atom stereocenters. The number of amides is 1. The first-order valence-corrected chi connectivity index (χ1v) is 11.9. The molecule has 0 spiro atoms. The molecule has 1 aliphatic rings. The molecule has 1 heterocycles. The summed E-state index contributed by atoms with van der Waals surface area (Å²) in [6.45, 7) is 13.5. The van der Waals surface area contributed by atoms with Crippen molar-refractivity contribution in [3.8, 4) is 11.5 Å². The SMILES string of the molecule is CCCN1C(=O)C(=O)/C(=C(\O)c2ccc(OCC)c(C(C)(C)C)c2)C1c1ccc(OCC)cc1. The summed E-state index contributed by atoms with van der Waals surface area (Å²) in [7, 11) is 0. The lowest BCUT2D eigenvalue weighted by Gasteiger charge is -2.26. The minimum absolute atomic E-state index is 0.103. The van der Waals surface area contributed by atoms with Gasteiger partial charge in [0.05, 0.1) is 24.8 Å². The van der Waals surface area contributed by atoms with Crippen molar-refractivity contribution in [1.29, 1.82) is 0 Å². The van der Waals surface area contributed by atoms with Crippen LogP contribution in [0.1, 0.15) is 70.7 Å². The van der Waals surface area contributed by atoms with Gasteiger partial charge in [-0.15, -0.1) is 0 Å². The van der Waals surface area contributed by atoms with Gasteiger partial charge in [-0.3, -0.25) is 9.59 Å². The highest BCUT2D eigenvalue weighted by atomic mass is 16.5. The van der Waals surface area contributed by atoms with Gasteiger partial charge in [0.2, 0.25) is 0 Å². The van der Waals surface area contributed by atoms with Crippen LogP contribution < -0.4 is 9.47 Å². The van der Waals surface area contributed by atoms with Crippen molar-refractivity contribution in [2.75, 3.05) is 19.8 Å². The molecular weight excluding hydrogens is 430 g/mol. The fourth-order valence-electron chi connectivity index (χ4n) is 4.31. The Labute approximate surface area is 202 Å².